The van der Waals surface area contributed by atoms with Gasteiger partial charge in [-0.3, -0.25) is 9.13 Å². The molecule has 0 heterocycles. The molecule has 0 amide bonds. The SMILES string of the molecule is O=P(c1ccccc1)(c1ccccc1)N(Cc1ccccc1)C1CCC(N(Cc2ccccc2)P(=O)(c2ccccc2)c2ccccc2)CC1. The Bertz CT molecular complexity index is 1780. The highest BCUT2D eigenvalue weighted by molar-refractivity contribution is 7.77. The van der Waals surface area contributed by atoms with E-state index < -0.39 is 14.6 Å². The molecule has 6 heteroatoms. The molecular weight excluding hydrogens is 650 g/mol. The molecule has 0 aromatic heterocycles. The topological polar surface area (TPSA) is 40.6 Å². The number of nitrogens with zero attached hydrogens (tertiary/aromatic N) is 2. The summed E-state index contributed by atoms with van der Waals surface area (Å²) in [6, 6.07) is 61.1. The maximum absolute atomic E-state index is 15.9. The van der Waals surface area contributed by atoms with Crippen LogP contribution >= 0.6 is 14.6 Å². The van der Waals surface area contributed by atoms with Crippen molar-refractivity contribution < 1.29 is 9.13 Å². The lowest BCUT2D eigenvalue weighted by molar-refractivity contribution is 0.179. The Labute approximate surface area is 297 Å². The van der Waals surface area contributed by atoms with Gasteiger partial charge in [0.1, 0.15) is 0 Å². The van der Waals surface area contributed by atoms with Gasteiger partial charge in [-0.2, -0.15) is 0 Å². The maximum atomic E-state index is 15.9. The fourth-order valence-electron chi connectivity index (χ4n) is 7.52. The minimum absolute atomic E-state index is 0.0733. The van der Waals surface area contributed by atoms with E-state index in [0.717, 1.165) is 58.0 Å². The molecule has 1 fully saturated rings. The van der Waals surface area contributed by atoms with Crippen LogP contribution < -0.4 is 21.2 Å². The van der Waals surface area contributed by atoms with Crippen LogP contribution in [0.3, 0.4) is 0 Å². The fraction of sp³-hybridized carbons (Fsp3) is 0.182. The summed E-state index contributed by atoms with van der Waals surface area (Å²) in [5.74, 6) is 0. The first kappa shape index (κ1) is 34.2. The summed E-state index contributed by atoms with van der Waals surface area (Å²) in [6.45, 7) is 1.16. The van der Waals surface area contributed by atoms with E-state index in [-0.39, 0.29) is 12.1 Å². The van der Waals surface area contributed by atoms with Gasteiger partial charge in [-0.1, -0.05) is 133 Å². The lowest BCUT2D eigenvalue weighted by Gasteiger charge is -2.45. The third-order valence-electron chi connectivity index (χ3n) is 10.0. The van der Waals surface area contributed by atoms with Gasteiger partial charge in [-0.25, -0.2) is 9.34 Å². The van der Waals surface area contributed by atoms with Crippen molar-refractivity contribution >= 4 is 35.8 Å². The molecular formula is C44H44N2O2P2. The normalized spacial score (nSPS) is 16.8. The lowest BCUT2D eigenvalue weighted by atomic mass is 9.90. The molecule has 0 bridgehead atoms. The second kappa shape index (κ2) is 15.7. The van der Waals surface area contributed by atoms with E-state index in [0.29, 0.717) is 13.1 Å². The minimum atomic E-state index is -3.23. The molecule has 0 aliphatic heterocycles. The van der Waals surface area contributed by atoms with Crippen LogP contribution in [0, 0.1) is 0 Å². The molecule has 6 aromatic carbocycles. The van der Waals surface area contributed by atoms with Crippen LogP contribution in [0.15, 0.2) is 182 Å². The molecule has 0 atom stereocenters. The van der Waals surface area contributed by atoms with Gasteiger partial charge < -0.3 is 0 Å². The van der Waals surface area contributed by atoms with E-state index in [4.69, 9.17) is 0 Å². The number of rotatable bonds is 12. The smallest absolute Gasteiger partial charge is 0.207 e. The van der Waals surface area contributed by atoms with E-state index in [1.54, 1.807) is 0 Å². The zero-order valence-corrected chi connectivity index (χ0v) is 30.1. The second-order valence-corrected chi connectivity index (χ2v) is 18.5. The molecule has 50 heavy (non-hydrogen) atoms. The average molecular weight is 695 g/mol. The lowest BCUT2D eigenvalue weighted by Crippen LogP contribution is -2.46. The molecule has 0 N–H and O–H groups in total. The van der Waals surface area contributed by atoms with Crippen molar-refractivity contribution in [1.82, 2.24) is 9.34 Å². The van der Waals surface area contributed by atoms with Crippen LogP contribution in [-0.2, 0) is 22.2 Å². The predicted octanol–water partition coefficient (Wildman–Crippen LogP) is 9.16. The molecule has 0 unspecified atom stereocenters. The van der Waals surface area contributed by atoms with Crippen LogP contribution in [0.1, 0.15) is 36.8 Å². The molecule has 252 valence electrons. The minimum Gasteiger partial charge on any atom is -0.296 e. The van der Waals surface area contributed by atoms with E-state index in [1.165, 1.54) is 0 Å². The monoisotopic (exact) mass is 694 g/mol. The van der Waals surface area contributed by atoms with Gasteiger partial charge in [0.2, 0.25) is 14.6 Å². The first-order valence-electron chi connectivity index (χ1n) is 17.6. The molecule has 1 saturated carbocycles. The zero-order valence-electron chi connectivity index (χ0n) is 28.3. The van der Waals surface area contributed by atoms with Crippen molar-refractivity contribution in [2.75, 3.05) is 0 Å². The van der Waals surface area contributed by atoms with Crippen LogP contribution in [-0.4, -0.2) is 21.4 Å². The highest BCUT2D eigenvalue weighted by atomic mass is 31.2. The van der Waals surface area contributed by atoms with Crippen LogP contribution in [0.5, 0.6) is 0 Å². The summed E-state index contributed by atoms with van der Waals surface area (Å²) >= 11 is 0. The zero-order chi connectivity index (χ0) is 34.2. The van der Waals surface area contributed by atoms with E-state index in [9.17, 15) is 0 Å². The van der Waals surface area contributed by atoms with Crippen molar-refractivity contribution in [2.45, 2.75) is 50.9 Å². The van der Waals surface area contributed by atoms with Gasteiger partial charge in [0, 0.05) is 46.4 Å². The van der Waals surface area contributed by atoms with Crippen LogP contribution in [0.2, 0.25) is 0 Å². The van der Waals surface area contributed by atoms with Gasteiger partial charge in [0.25, 0.3) is 0 Å². The molecule has 7 rings (SSSR count). The quantitative estimate of drug-likeness (QED) is 0.120. The Balaban J connectivity index is 1.27. The van der Waals surface area contributed by atoms with Crippen molar-refractivity contribution in [3.63, 3.8) is 0 Å². The summed E-state index contributed by atoms with van der Waals surface area (Å²) in [6.07, 6.45) is 3.37. The van der Waals surface area contributed by atoms with Crippen LogP contribution in [0.4, 0.5) is 0 Å². The Morgan fingerprint density at radius 3 is 0.820 bits per heavy atom. The maximum Gasteiger partial charge on any atom is 0.207 e. The van der Waals surface area contributed by atoms with Crippen LogP contribution in [0.25, 0.3) is 0 Å². The largest absolute Gasteiger partial charge is 0.296 e. The predicted molar refractivity (Wildman–Crippen MR) is 210 cm³/mol. The first-order valence-corrected chi connectivity index (χ1v) is 20.9. The van der Waals surface area contributed by atoms with Crippen molar-refractivity contribution in [3.05, 3.63) is 193 Å². The van der Waals surface area contributed by atoms with Crippen molar-refractivity contribution in [3.8, 4) is 0 Å². The Kier molecular flexibility index (Phi) is 10.7. The standard InChI is InChI=1S/C44H44N2O2P2/c47-49(41-23-11-3-12-24-41,42-25-13-4-14-26-42)45(35-37-19-7-1-8-20-37)39-31-33-40(34-32-39)46(36-38-21-9-2-10-22-38)50(48,43-27-15-5-16-28-43)44-29-17-6-18-30-44/h1-30,39-40H,31-36H2. The van der Waals surface area contributed by atoms with E-state index in [2.05, 4.69) is 57.9 Å². The molecule has 0 spiro atoms. The fourth-order valence-corrected chi connectivity index (χ4v) is 13.7. The highest BCUT2D eigenvalue weighted by Crippen LogP contribution is 2.55. The van der Waals surface area contributed by atoms with Gasteiger partial charge >= 0.3 is 0 Å². The highest BCUT2D eigenvalue weighted by Gasteiger charge is 2.44. The molecule has 1 aliphatic carbocycles. The second-order valence-electron chi connectivity index (χ2n) is 13.1. The first-order chi connectivity index (χ1) is 24.6. The number of hydrogen-bond acceptors (Lipinski definition) is 2. The van der Waals surface area contributed by atoms with Gasteiger partial charge in [0.05, 0.1) is 0 Å². The Hall–Kier alpha value is -4.30. The Morgan fingerprint density at radius 2 is 0.580 bits per heavy atom. The van der Waals surface area contributed by atoms with Crippen molar-refractivity contribution in [1.29, 1.82) is 0 Å². The summed E-state index contributed by atoms with van der Waals surface area (Å²) in [4.78, 5) is 0. The summed E-state index contributed by atoms with van der Waals surface area (Å²) in [5.41, 5.74) is 2.29. The Morgan fingerprint density at radius 1 is 0.360 bits per heavy atom. The number of benzene rings is 6. The third kappa shape index (κ3) is 7.13. The molecule has 0 radical (unpaired) electrons. The molecule has 1 aliphatic rings. The summed E-state index contributed by atoms with van der Waals surface area (Å²) in [5, 5.41) is 3.42. The third-order valence-corrected chi connectivity index (χ3v) is 16.4. The van der Waals surface area contributed by atoms with Crippen molar-refractivity contribution in [2.24, 2.45) is 0 Å². The number of hydrogen-bond donors (Lipinski definition) is 0. The van der Waals surface area contributed by atoms with Gasteiger partial charge in [0.15, 0.2) is 0 Å². The van der Waals surface area contributed by atoms with Gasteiger partial charge in [-0.15, -0.1) is 0 Å². The average Bonchev–Trinajstić information content (AvgIpc) is 3.21. The van der Waals surface area contributed by atoms with Gasteiger partial charge in [-0.05, 0) is 85.3 Å². The molecule has 0 saturated heterocycles. The van der Waals surface area contributed by atoms with E-state index >= 15 is 9.13 Å². The van der Waals surface area contributed by atoms with E-state index in [1.807, 2.05) is 133 Å². The molecule has 4 nitrogen and oxygen atoms in total. The summed E-state index contributed by atoms with van der Waals surface area (Å²) < 4.78 is 36.4. The molecule has 6 aromatic rings. The summed E-state index contributed by atoms with van der Waals surface area (Å²) in [7, 11) is -6.46.